The van der Waals surface area contributed by atoms with Crippen molar-refractivity contribution in [2.45, 2.75) is 6.18 Å². The van der Waals surface area contributed by atoms with Gasteiger partial charge in [-0.1, -0.05) is 24.3 Å². The number of hydrogen-bond donors (Lipinski definition) is 2. The number of nitrogens with two attached hydrogens (primary N) is 1. The quantitative estimate of drug-likeness (QED) is 0.914. The number of amides is 2. The Bertz CT molecular complexity index is 727. The van der Waals surface area contributed by atoms with Crippen LogP contribution < -0.4 is 11.1 Å². The molecule has 0 saturated heterocycles. The minimum atomic E-state index is -4.66. The molecular formula is C15H11F3N2O2. The molecule has 0 aliphatic rings. The average Bonchev–Trinajstić information content (AvgIpc) is 2.46. The molecule has 114 valence electrons. The normalized spacial score (nSPS) is 11.0. The summed E-state index contributed by atoms with van der Waals surface area (Å²) >= 11 is 0. The summed E-state index contributed by atoms with van der Waals surface area (Å²) in [5, 5.41) is 2.28. The van der Waals surface area contributed by atoms with Crippen LogP contribution in [0.1, 0.15) is 26.3 Å². The molecule has 0 spiro atoms. The van der Waals surface area contributed by atoms with Crippen LogP contribution in [0.4, 0.5) is 18.9 Å². The molecular weight excluding hydrogens is 297 g/mol. The number of halogens is 3. The van der Waals surface area contributed by atoms with E-state index < -0.39 is 29.1 Å². The SMILES string of the molecule is NC(=O)c1ccccc1NC(=O)c1ccccc1C(F)(F)F. The lowest BCUT2D eigenvalue weighted by Crippen LogP contribution is -2.21. The van der Waals surface area contributed by atoms with Crippen LogP contribution in [0, 0.1) is 0 Å². The number of carbonyl (C=O) groups is 2. The van der Waals surface area contributed by atoms with E-state index in [4.69, 9.17) is 5.73 Å². The molecule has 0 atom stereocenters. The summed E-state index contributed by atoms with van der Waals surface area (Å²) in [5.41, 5.74) is 3.64. The van der Waals surface area contributed by atoms with Gasteiger partial charge in [-0.2, -0.15) is 13.2 Å². The molecule has 3 N–H and O–H groups in total. The minimum Gasteiger partial charge on any atom is -0.366 e. The number of nitrogens with one attached hydrogen (secondary N) is 1. The first-order valence-electron chi connectivity index (χ1n) is 6.17. The number of para-hydroxylation sites is 1. The van der Waals surface area contributed by atoms with Crippen molar-refractivity contribution in [1.82, 2.24) is 0 Å². The second-order valence-corrected chi connectivity index (χ2v) is 4.41. The molecule has 22 heavy (non-hydrogen) atoms. The zero-order chi connectivity index (χ0) is 16.3. The highest BCUT2D eigenvalue weighted by Crippen LogP contribution is 2.32. The van der Waals surface area contributed by atoms with Gasteiger partial charge in [-0.15, -0.1) is 0 Å². The molecule has 2 rings (SSSR count). The van der Waals surface area contributed by atoms with Crippen LogP contribution >= 0.6 is 0 Å². The van der Waals surface area contributed by atoms with Gasteiger partial charge in [-0.05, 0) is 24.3 Å². The predicted octanol–water partition coefficient (Wildman–Crippen LogP) is 3.06. The number of carbonyl (C=O) groups excluding carboxylic acids is 2. The van der Waals surface area contributed by atoms with E-state index in [-0.39, 0.29) is 11.3 Å². The van der Waals surface area contributed by atoms with E-state index in [1.165, 1.54) is 36.4 Å². The van der Waals surface area contributed by atoms with Gasteiger partial charge in [0.05, 0.1) is 22.4 Å². The third-order valence-corrected chi connectivity index (χ3v) is 2.92. The van der Waals surface area contributed by atoms with Gasteiger partial charge in [0.15, 0.2) is 0 Å². The van der Waals surface area contributed by atoms with Crippen molar-refractivity contribution in [2.75, 3.05) is 5.32 Å². The smallest absolute Gasteiger partial charge is 0.366 e. The number of anilines is 1. The Morgan fingerprint density at radius 3 is 2.05 bits per heavy atom. The Kier molecular flexibility index (Phi) is 4.16. The first-order valence-corrected chi connectivity index (χ1v) is 6.17. The molecule has 0 aliphatic carbocycles. The van der Waals surface area contributed by atoms with Gasteiger partial charge in [0.25, 0.3) is 11.8 Å². The zero-order valence-corrected chi connectivity index (χ0v) is 11.1. The number of primary amides is 1. The van der Waals surface area contributed by atoms with Gasteiger partial charge in [0.1, 0.15) is 0 Å². The van der Waals surface area contributed by atoms with Gasteiger partial charge in [-0.3, -0.25) is 9.59 Å². The van der Waals surface area contributed by atoms with Gasteiger partial charge < -0.3 is 11.1 Å². The second-order valence-electron chi connectivity index (χ2n) is 4.41. The van der Waals surface area contributed by atoms with Crippen LogP contribution in [0.2, 0.25) is 0 Å². The highest BCUT2D eigenvalue weighted by Gasteiger charge is 2.34. The average molecular weight is 308 g/mol. The number of hydrogen-bond acceptors (Lipinski definition) is 2. The summed E-state index contributed by atoms with van der Waals surface area (Å²) < 4.78 is 38.7. The van der Waals surface area contributed by atoms with Crippen molar-refractivity contribution in [3.63, 3.8) is 0 Å². The number of benzene rings is 2. The molecule has 0 saturated carbocycles. The number of alkyl halides is 3. The highest BCUT2D eigenvalue weighted by molar-refractivity contribution is 6.09. The summed E-state index contributed by atoms with van der Waals surface area (Å²) in [5.74, 6) is -1.76. The van der Waals surface area contributed by atoms with Crippen LogP contribution in [0.3, 0.4) is 0 Å². The fourth-order valence-electron chi connectivity index (χ4n) is 1.92. The summed E-state index contributed by atoms with van der Waals surface area (Å²) in [4.78, 5) is 23.4. The van der Waals surface area contributed by atoms with Crippen molar-refractivity contribution in [3.05, 3.63) is 65.2 Å². The summed E-state index contributed by atoms with van der Waals surface area (Å²) in [7, 11) is 0. The Morgan fingerprint density at radius 1 is 0.909 bits per heavy atom. The van der Waals surface area contributed by atoms with E-state index in [0.29, 0.717) is 0 Å². The Balaban J connectivity index is 2.38. The minimum absolute atomic E-state index is 0.0142. The van der Waals surface area contributed by atoms with E-state index in [1.54, 1.807) is 0 Å². The molecule has 2 aromatic rings. The van der Waals surface area contributed by atoms with Crippen LogP contribution in [-0.2, 0) is 6.18 Å². The third-order valence-electron chi connectivity index (χ3n) is 2.92. The first kappa shape index (κ1) is 15.6. The molecule has 0 aromatic heterocycles. The van der Waals surface area contributed by atoms with E-state index in [1.807, 2.05) is 0 Å². The maximum absolute atomic E-state index is 12.9. The first-order chi connectivity index (χ1) is 10.3. The van der Waals surface area contributed by atoms with Crippen molar-refractivity contribution >= 4 is 17.5 Å². The standard InChI is InChI=1S/C15H11F3N2O2/c16-15(17,18)11-7-3-1-5-9(11)14(22)20-12-8-4-2-6-10(12)13(19)21/h1-8H,(H2,19,21)(H,20,22). The number of rotatable bonds is 3. The van der Waals surface area contributed by atoms with E-state index in [2.05, 4.69) is 5.32 Å². The largest absolute Gasteiger partial charge is 0.417 e. The van der Waals surface area contributed by atoms with Crippen molar-refractivity contribution in [3.8, 4) is 0 Å². The van der Waals surface area contributed by atoms with Crippen LogP contribution in [0.5, 0.6) is 0 Å². The summed E-state index contributed by atoms with van der Waals surface area (Å²) in [6.07, 6.45) is -4.66. The fraction of sp³-hybridized carbons (Fsp3) is 0.0667. The van der Waals surface area contributed by atoms with Crippen LogP contribution in [0.15, 0.2) is 48.5 Å². The van der Waals surface area contributed by atoms with E-state index in [0.717, 1.165) is 12.1 Å². The summed E-state index contributed by atoms with van der Waals surface area (Å²) in [6.45, 7) is 0. The Hall–Kier alpha value is -2.83. The second kappa shape index (κ2) is 5.88. The topological polar surface area (TPSA) is 72.2 Å². The maximum Gasteiger partial charge on any atom is 0.417 e. The lowest BCUT2D eigenvalue weighted by atomic mass is 10.1. The van der Waals surface area contributed by atoms with Crippen molar-refractivity contribution in [2.24, 2.45) is 5.73 Å². The molecule has 7 heteroatoms. The molecule has 4 nitrogen and oxygen atoms in total. The van der Waals surface area contributed by atoms with Crippen LogP contribution in [0.25, 0.3) is 0 Å². The third kappa shape index (κ3) is 3.25. The molecule has 0 aliphatic heterocycles. The summed E-state index contributed by atoms with van der Waals surface area (Å²) in [6, 6.07) is 10.2. The lowest BCUT2D eigenvalue weighted by Gasteiger charge is -2.13. The molecule has 0 bridgehead atoms. The van der Waals surface area contributed by atoms with E-state index >= 15 is 0 Å². The Labute approximate surface area is 123 Å². The Morgan fingerprint density at radius 2 is 1.45 bits per heavy atom. The van der Waals surface area contributed by atoms with Crippen molar-refractivity contribution < 1.29 is 22.8 Å². The molecule has 2 amide bonds. The molecule has 0 unspecified atom stereocenters. The molecule has 0 fully saturated rings. The van der Waals surface area contributed by atoms with Crippen molar-refractivity contribution in [1.29, 1.82) is 0 Å². The predicted molar refractivity (Wildman–Crippen MR) is 74.4 cm³/mol. The van der Waals surface area contributed by atoms with Gasteiger partial charge >= 0.3 is 6.18 Å². The lowest BCUT2D eigenvalue weighted by molar-refractivity contribution is -0.137. The molecule has 2 aromatic carbocycles. The van der Waals surface area contributed by atoms with Gasteiger partial charge in [0.2, 0.25) is 0 Å². The zero-order valence-electron chi connectivity index (χ0n) is 11.1. The highest BCUT2D eigenvalue weighted by atomic mass is 19.4. The van der Waals surface area contributed by atoms with E-state index in [9.17, 15) is 22.8 Å². The van der Waals surface area contributed by atoms with Gasteiger partial charge in [0, 0.05) is 0 Å². The van der Waals surface area contributed by atoms with Crippen LogP contribution in [-0.4, -0.2) is 11.8 Å². The molecule has 0 radical (unpaired) electrons. The monoisotopic (exact) mass is 308 g/mol. The molecule has 0 heterocycles. The maximum atomic E-state index is 12.9. The van der Waals surface area contributed by atoms with Gasteiger partial charge in [-0.25, -0.2) is 0 Å². The fourth-order valence-corrected chi connectivity index (χ4v) is 1.92.